The van der Waals surface area contributed by atoms with E-state index in [0.717, 1.165) is 23.8 Å². The molecule has 2 N–H and O–H groups in total. The number of carbonyl (C=O) groups excluding carboxylic acids is 2. The molecule has 0 spiro atoms. The lowest BCUT2D eigenvalue weighted by molar-refractivity contribution is -0.126. The van der Waals surface area contributed by atoms with Gasteiger partial charge in [-0.3, -0.25) is 14.9 Å². The van der Waals surface area contributed by atoms with Crippen molar-refractivity contribution in [1.82, 2.24) is 15.5 Å². The van der Waals surface area contributed by atoms with E-state index in [-0.39, 0.29) is 12.0 Å². The van der Waals surface area contributed by atoms with Crippen LogP contribution in [0.15, 0.2) is 48.5 Å². The highest BCUT2D eigenvalue weighted by atomic mass is 32.1. The molecule has 9 heteroatoms. The van der Waals surface area contributed by atoms with E-state index in [0.29, 0.717) is 16.6 Å². The Morgan fingerprint density at radius 3 is 2.41 bits per heavy atom. The van der Waals surface area contributed by atoms with Crippen LogP contribution in [0.25, 0.3) is 10.6 Å². The lowest BCUT2D eigenvalue weighted by atomic mass is 10.1. The van der Waals surface area contributed by atoms with Gasteiger partial charge in [-0.2, -0.15) is 0 Å². The first-order chi connectivity index (χ1) is 13.9. The highest BCUT2D eigenvalue weighted by molar-refractivity contribution is 7.18. The molecule has 2 amide bonds. The third-order valence-electron chi connectivity index (χ3n) is 4.02. The molecular weight excluding hydrogens is 398 g/mol. The van der Waals surface area contributed by atoms with Gasteiger partial charge in [0, 0.05) is 11.6 Å². The van der Waals surface area contributed by atoms with E-state index in [1.807, 2.05) is 30.3 Å². The van der Waals surface area contributed by atoms with Crippen LogP contribution >= 0.6 is 11.3 Å². The van der Waals surface area contributed by atoms with Crippen molar-refractivity contribution in [3.8, 4) is 10.6 Å². The number of rotatable bonds is 7. The minimum Gasteiger partial charge on any atom is -0.344 e. The summed E-state index contributed by atoms with van der Waals surface area (Å²) < 4.78 is 26.5. The third kappa shape index (κ3) is 5.64. The summed E-state index contributed by atoms with van der Waals surface area (Å²) in [6.45, 7) is 1.74. The van der Waals surface area contributed by atoms with Crippen molar-refractivity contribution in [2.45, 2.75) is 25.8 Å². The van der Waals surface area contributed by atoms with Gasteiger partial charge in [-0.15, -0.1) is 10.2 Å². The first-order valence-electron chi connectivity index (χ1n) is 8.88. The predicted octanol–water partition coefficient (Wildman–Crippen LogP) is 3.56. The van der Waals surface area contributed by atoms with Crippen molar-refractivity contribution < 1.29 is 18.4 Å². The van der Waals surface area contributed by atoms with Crippen LogP contribution in [0.2, 0.25) is 0 Å². The molecule has 150 valence electrons. The molecule has 1 aromatic heterocycles. The number of benzene rings is 2. The molecule has 0 bridgehead atoms. The van der Waals surface area contributed by atoms with E-state index >= 15 is 0 Å². The van der Waals surface area contributed by atoms with Crippen LogP contribution in [-0.4, -0.2) is 28.1 Å². The average molecular weight is 416 g/mol. The molecule has 0 aliphatic rings. The van der Waals surface area contributed by atoms with Gasteiger partial charge in [-0.05, 0) is 24.1 Å². The standard InChI is InChI=1S/C20H18F2N4O2S/c1-2-16(23-17(27)10-12-8-14(21)11-15(22)9-12)18(28)24-20-26-25-19(29-20)13-6-4-3-5-7-13/h3-9,11,16H,2,10H2,1H3,(H,23,27)(H,24,26,28). The Hall–Kier alpha value is -3.20. The zero-order valence-electron chi connectivity index (χ0n) is 15.5. The van der Waals surface area contributed by atoms with Gasteiger partial charge in [-0.25, -0.2) is 8.78 Å². The zero-order valence-corrected chi connectivity index (χ0v) is 16.3. The van der Waals surface area contributed by atoms with Crippen molar-refractivity contribution in [2.75, 3.05) is 5.32 Å². The molecular formula is C20H18F2N4O2S. The molecule has 0 saturated heterocycles. The van der Waals surface area contributed by atoms with E-state index < -0.39 is 29.5 Å². The van der Waals surface area contributed by atoms with Gasteiger partial charge in [0.25, 0.3) is 0 Å². The number of nitrogens with zero attached hydrogens (tertiary/aromatic N) is 2. The normalized spacial score (nSPS) is 11.7. The maximum absolute atomic E-state index is 13.3. The minimum atomic E-state index is -0.815. The minimum absolute atomic E-state index is 0.187. The van der Waals surface area contributed by atoms with Crippen LogP contribution in [0.3, 0.4) is 0 Å². The van der Waals surface area contributed by atoms with Gasteiger partial charge in [-0.1, -0.05) is 48.6 Å². The molecule has 29 heavy (non-hydrogen) atoms. The maximum Gasteiger partial charge on any atom is 0.248 e. The van der Waals surface area contributed by atoms with Crippen LogP contribution in [-0.2, 0) is 16.0 Å². The van der Waals surface area contributed by atoms with Crippen LogP contribution < -0.4 is 10.6 Å². The lowest BCUT2D eigenvalue weighted by Gasteiger charge is -2.15. The fraction of sp³-hybridized carbons (Fsp3) is 0.200. The summed E-state index contributed by atoms with van der Waals surface area (Å²) in [5, 5.41) is 14.2. The summed E-state index contributed by atoms with van der Waals surface area (Å²) in [5.41, 5.74) is 1.07. The van der Waals surface area contributed by atoms with E-state index in [1.165, 1.54) is 11.3 Å². The topological polar surface area (TPSA) is 84.0 Å². The largest absolute Gasteiger partial charge is 0.344 e. The second-order valence-electron chi connectivity index (χ2n) is 6.25. The number of aromatic nitrogens is 2. The summed E-state index contributed by atoms with van der Waals surface area (Å²) in [6.07, 6.45) is 0.0921. The smallest absolute Gasteiger partial charge is 0.248 e. The van der Waals surface area contributed by atoms with Crippen molar-refractivity contribution in [2.24, 2.45) is 0 Å². The predicted molar refractivity (Wildman–Crippen MR) is 106 cm³/mol. The third-order valence-corrected chi connectivity index (χ3v) is 4.91. The molecule has 3 rings (SSSR count). The zero-order chi connectivity index (χ0) is 20.8. The molecule has 0 aliphatic heterocycles. The monoisotopic (exact) mass is 416 g/mol. The molecule has 1 atom stereocenters. The van der Waals surface area contributed by atoms with Crippen LogP contribution in [0.1, 0.15) is 18.9 Å². The van der Waals surface area contributed by atoms with E-state index in [9.17, 15) is 18.4 Å². The maximum atomic E-state index is 13.3. The Kier molecular flexibility index (Phi) is 6.61. The Balaban J connectivity index is 1.60. The van der Waals surface area contributed by atoms with Gasteiger partial charge in [0.2, 0.25) is 16.9 Å². The number of halogens is 2. The Morgan fingerprint density at radius 2 is 1.76 bits per heavy atom. The highest BCUT2D eigenvalue weighted by Gasteiger charge is 2.21. The molecule has 0 fully saturated rings. The fourth-order valence-electron chi connectivity index (χ4n) is 2.66. The molecule has 1 unspecified atom stereocenters. The van der Waals surface area contributed by atoms with Crippen LogP contribution in [0, 0.1) is 11.6 Å². The number of anilines is 1. The Morgan fingerprint density at radius 1 is 1.07 bits per heavy atom. The molecule has 2 aromatic carbocycles. The Labute approximate surface area is 170 Å². The van der Waals surface area contributed by atoms with E-state index in [4.69, 9.17) is 0 Å². The van der Waals surface area contributed by atoms with Crippen molar-refractivity contribution in [1.29, 1.82) is 0 Å². The number of nitrogens with one attached hydrogen (secondary N) is 2. The summed E-state index contributed by atoms with van der Waals surface area (Å²) in [4.78, 5) is 24.7. The van der Waals surface area contributed by atoms with Crippen molar-refractivity contribution in [3.63, 3.8) is 0 Å². The molecule has 0 aliphatic carbocycles. The fourth-order valence-corrected chi connectivity index (χ4v) is 3.41. The lowest BCUT2D eigenvalue weighted by Crippen LogP contribution is -2.44. The number of hydrogen-bond donors (Lipinski definition) is 2. The van der Waals surface area contributed by atoms with E-state index in [1.54, 1.807) is 6.92 Å². The van der Waals surface area contributed by atoms with Gasteiger partial charge in [0.15, 0.2) is 0 Å². The van der Waals surface area contributed by atoms with Crippen LogP contribution in [0.4, 0.5) is 13.9 Å². The number of hydrogen-bond acceptors (Lipinski definition) is 5. The molecule has 6 nitrogen and oxygen atoms in total. The number of carbonyl (C=O) groups is 2. The summed E-state index contributed by atoms with van der Waals surface area (Å²) in [5.74, 6) is -2.48. The average Bonchev–Trinajstić information content (AvgIpc) is 3.14. The summed E-state index contributed by atoms with van der Waals surface area (Å²) >= 11 is 1.22. The summed E-state index contributed by atoms with van der Waals surface area (Å²) in [7, 11) is 0. The molecule has 0 saturated carbocycles. The second-order valence-corrected chi connectivity index (χ2v) is 7.23. The van der Waals surface area contributed by atoms with Gasteiger partial charge in [0.1, 0.15) is 22.7 Å². The molecule has 1 heterocycles. The number of amides is 2. The first kappa shape index (κ1) is 20.5. The quantitative estimate of drug-likeness (QED) is 0.617. The second kappa shape index (κ2) is 9.33. The van der Waals surface area contributed by atoms with Crippen molar-refractivity contribution in [3.05, 3.63) is 65.7 Å². The van der Waals surface area contributed by atoms with Gasteiger partial charge < -0.3 is 5.32 Å². The molecule has 3 aromatic rings. The highest BCUT2D eigenvalue weighted by Crippen LogP contribution is 2.26. The van der Waals surface area contributed by atoms with Crippen molar-refractivity contribution >= 4 is 28.3 Å². The Bertz CT molecular complexity index is 990. The first-order valence-corrected chi connectivity index (χ1v) is 9.70. The SMILES string of the molecule is CCC(NC(=O)Cc1cc(F)cc(F)c1)C(=O)Nc1nnc(-c2ccccc2)s1. The van der Waals surface area contributed by atoms with Crippen LogP contribution in [0.5, 0.6) is 0 Å². The van der Waals surface area contributed by atoms with Gasteiger partial charge in [0.05, 0.1) is 6.42 Å². The van der Waals surface area contributed by atoms with E-state index in [2.05, 4.69) is 20.8 Å². The molecule has 0 radical (unpaired) electrons. The summed E-state index contributed by atoms with van der Waals surface area (Å²) in [6, 6.07) is 11.5. The van der Waals surface area contributed by atoms with Gasteiger partial charge >= 0.3 is 0 Å².